The van der Waals surface area contributed by atoms with Crippen LogP contribution in [0.25, 0.3) is 0 Å². The van der Waals surface area contributed by atoms with Crippen LogP contribution in [0.1, 0.15) is 12.8 Å². The topological polar surface area (TPSA) is 442 Å². The van der Waals surface area contributed by atoms with Crippen molar-refractivity contribution in [1.29, 1.82) is 0 Å². The van der Waals surface area contributed by atoms with E-state index in [9.17, 15) is 81.7 Å². The van der Waals surface area contributed by atoms with Gasteiger partial charge in [0.05, 0.1) is 33.0 Å². The summed E-state index contributed by atoms with van der Waals surface area (Å²) in [6, 6.07) is 0. The average molecular weight is 900 g/mol. The van der Waals surface area contributed by atoms with Crippen LogP contribution in [0.2, 0.25) is 0 Å². The molecule has 27 heteroatoms. The maximum atomic E-state index is 11.2. The molecule has 61 heavy (non-hydrogen) atoms. The van der Waals surface area contributed by atoms with Crippen molar-refractivity contribution in [2.75, 3.05) is 46.2 Å². The van der Waals surface area contributed by atoms with Crippen LogP contribution in [-0.2, 0) is 47.4 Å². The van der Waals surface area contributed by atoms with Gasteiger partial charge in [0.25, 0.3) is 0 Å². The van der Waals surface area contributed by atoms with Gasteiger partial charge in [0.2, 0.25) is 0 Å². The van der Waals surface area contributed by atoms with E-state index in [1.54, 1.807) is 0 Å². The first kappa shape index (κ1) is 50.9. The Labute approximate surface area is 347 Å². The van der Waals surface area contributed by atoms with Crippen molar-refractivity contribution in [3.05, 3.63) is 0 Å². The summed E-state index contributed by atoms with van der Waals surface area (Å²) >= 11 is 0. The fraction of sp³-hybridized carbons (Fsp3) is 1.00. The summed E-state index contributed by atoms with van der Waals surface area (Å²) in [5, 5.41) is 168. The van der Waals surface area contributed by atoms with Crippen molar-refractivity contribution in [2.24, 2.45) is 5.73 Å². The lowest BCUT2D eigenvalue weighted by Crippen LogP contribution is -2.68. The van der Waals surface area contributed by atoms with Crippen LogP contribution < -0.4 is 5.73 Å². The molecule has 27 nitrogen and oxygen atoms in total. The van der Waals surface area contributed by atoms with E-state index in [0.29, 0.717) is 19.4 Å². The van der Waals surface area contributed by atoms with Crippen molar-refractivity contribution in [2.45, 2.75) is 166 Å². The lowest BCUT2D eigenvalue weighted by Gasteiger charge is -2.49. The highest BCUT2D eigenvalue weighted by Gasteiger charge is 2.56. The monoisotopic (exact) mass is 899 g/mol. The van der Waals surface area contributed by atoms with Gasteiger partial charge in [-0.15, -0.1) is 0 Å². The van der Waals surface area contributed by atoms with Gasteiger partial charge in [0.1, 0.15) is 122 Å². The fourth-order valence-corrected chi connectivity index (χ4v) is 7.60. The number of aliphatic hydroxyl groups is 16. The van der Waals surface area contributed by atoms with Crippen molar-refractivity contribution in [1.82, 2.24) is 0 Å². The molecule has 15 unspecified atom stereocenters. The van der Waals surface area contributed by atoms with Gasteiger partial charge < -0.3 is 135 Å². The van der Waals surface area contributed by atoms with E-state index in [0.717, 1.165) is 0 Å². The molecule has 5 fully saturated rings. The first-order valence-corrected chi connectivity index (χ1v) is 19.8. The third-order valence-electron chi connectivity index (χ3n) is 11.2. The molecule has 0 bridgehead atoms. The number of hydrogen-bond acceptors (Lipinski definition) is 27. The van der Waals surface area contributed by atoms with Gasteiger partial charge in [0, 0.05) is 6.61 Å². The largest absolute Gasteiger partial charge is 0.394 e. The molecule has 18 N–H and O–H groups in total. The SMILES string of the molecule is NCCCCO[C@H]1OC(CO)[C@H](O[C@H]2OC(CO)[C@@H](O[C@@H]3OC(CO)[C@@H](O[C@@H]4OC(CO)[C@@H](O[C@H]5OC(CO)[C@H](O)C(O)C5O)C(O)C4O)C(O)C3O)C(O)C2O)C(O)C1O. The van der Waals surface area contributed by atoms with E-state index in [1.165, 1.54) is 0 Å². The van der Waals surface area contributed by atoms with Gasteiger partial charge in [-0.3, -0.25) is 0 Å². The lowest BCUT2D eigenvalue weighted by atomic mass is 9.95. The second-order valence-electron chi connectivity index (χ2n) is 15.3. The third-order valence-corrected chi connectivity index (χ3v) is 11.2. The number of rotatable bonds is 18. The maximum absolute atomic E-state index is 11.2. The van der Waals surface area contributed by atoms with Crippen molar-refractivity contribution in [3.63, 3.8) is 0 Å². The molecule has 0 spiro atoms. The van der Waals surface area contributed by atoms with E-state index >= 15 is 0 Å². The predicted octanol–water partition coefficient (Wildman–Crippen LogP) is -11.2. The smallest absolute Gasteiger partial charge is 0.187 e. The van der Waals surface area contributed by atoms with Crippen LogP contribution in [0.3, 0.4) is 0 Å². The minimum Gasteiger partial charge on any atom is -0.394 e. The zero-order chi connectivity index (χ0) is 44.9. The van der Waals surface area contributed by atoms with Gasteiger partial charge in [0.15, 0.2) is 31.5 Å². The maximum Gasteiger partial charge on any atom is 0.187 e. The molecule has 25 atom stereocenters. The summed E-state index contributed by atoms with van der Waals surface area (Å²) < 4.78 is 55.6. The third kappa shape index (κ3) is 11.1. The number of unbranched alkanes of at least 4 members (excludes halogenated alkanes) is 1. The summed E-state index contributed by atoms with van der Waals surface area (Å²) in [6.07, 6.45) is -43.5. The van der Waals surface area contributed by atoms with Gasteiger partial charge in [-0.25, -0.2) is 0 Å². The van der Waals surface area contributed by atoms with Crippen molar-refractivity contribution in [3.8, 4) is 0 Å². The summed E-state index contributed by atoms with van der Waals surface area (Å²) in [6.45, 7) is -3.91. The van der Waals surface area contributed by atoms with Crippen LogP contribution in [0.4, 0.5) is 0 Å². The Balaban J connectivity index is 1.20. The number of nitrogens with two attached hydrogens (primary N) is 1. The first-order chi connectivity index (χ1) is 29.1. The van der Waals surface area contributed by atoms with Crippen LogP contribution in [-0.4, -0.2) is 281 Å². The zero-order valence-electron chi connectivity index (χ0n) is 32.6. The Morgan fingerprint density at radius 3 is 0.918 bits per heavy atom. The highest BCUT2D eigenvalue weighted by atomic mass is 16.8. The minimum atomic E-state index is -2.11. The summed E-state index contributed by atoms with van der Waals surface area (Å²) in [5.41, 5.74) is 5.46. The van der Waals surface area contributed by atoms with Gasteiger partial charge >= 0.3 is 0 Å². The quantitative estimate of drug-likeness (QED) is 0.0568. The minimum absolute atomic E-state index is 0.109. The second kappa shape index (κ2) is 22.9. The molecule has 5 heterocycles. The molecule has 0 aliphatic carbocycles. The Morgan fingerprint density at radius 2 is 0.607 bits per heavy atom. The molecule has 5 aliphatic heterocycles. The Hall–Kier alpha value is -1.08. The molecule has 358 valence electrons. The van der Waals surface area contributed by atoms with E-state index in [1.807, 2.05) is 0 Å². The van der Waals surface area contributed by atoms with Crippen LogP contribution in [0.15, 0.2) is 0 Å². The predicted molar refractivity (Wildman–Crippen MR) is 189 cm³/mol. The zero-order valence-corrected chi connectivity index (χ0v) is 32.6. The van der Waals surface area contributed by atoms with Gasteiger partial charge in [-0.2, -0.15) is 0 Å². The molecule has 0 aromatic rings. The van der Waals surface area contributed by atoms with E-state index in [4.69, 9.17) is 53.1 Å². The first-order valence-electron chi connectivity index (χ1n) is 19.8. The standard InChI is InChI=1S/C34H61NO26/c35-3-1-2-4-52-30-22(48)17(43)26(11(6-37)54-30)59-32-24(50)19(45)28(13(8-39)56-32)61-34-25(51)20(46)29(14(9-40)57-34)60-33-23(49)18(44)27(12(7-38)55-33)58-31-21(47)16(42)15(41)10(5-36)53-31/h10-34,36-51H,1-9,35H2/t10?,11?,12?,13?,14?,15-,16?,17?,18?,19?,20?,21?,22?,23?,24?,25?,26-,27+,28+,29+,30-,31+,32+,33-,34-/m0/s1. The van der Waals surface area contributed by atoms with E-state index < -0.39 is 187 Å². The summed E-state index contributed by atoms with van der Waals surface area (Å²) in [7, 11) is 0. The Kier molecular flexibility index (Phi) is 19.1. The number of ether oxygens (including phenoxy) is 10. The van der Waals surface area contributed by atoms with Crippen molar-refractivity contribution < 1.29 is 129 Å². The molecule has 5 rings (SSSR count). The van der Waals surface area contributed by atoms with Gasteiger partial charge in [-0.1, -0.05) is 0 Å². The van der Waals surface area contributed by atoms with E-state index in [-0.39, 0.29) is 6.61 Å². The summed E-state index contributed by atoms with van der Waals surface area (Å²) in [4.78, 5) is 0. The lowest BCUT2D eigenvalue weighted by molar-refractivity contribution is -0.393. The molecule has 5 saturated heterocycles. The van der Waals surface area contributed by atoms with Crippen LogP contribution >= 0.6 is 0 Å². The van der Waals surface area contributed by atoms with Gasteiger partial charge in [-0.05, 0) is 19.4 Å². The average Bonchev–Trinajstić information content (AvgIpc) is 3.26. The Bertz CT molecular complexity index is 1290. The highest BCUT2D eigenvalue weighted by Crippen LogP contribution is 2.35. The van der Waals surface area contributed by atoms with Crippen LogP contribution in [0, 0.1) is 0 Å². The number of hydrogen-bond donors (Lipinski definition) is 17. The summed E-state index contributed by atoms with van der Waals surface area (Å²) in [5.74, 6) is 0. The normalized spacial score (nSPS) is 49.8. The molecular weight excluding hydrogens is 838 g/mol. The molecule has 5 aliphatic rings. The molecule has 0 aromatic heterocycles. The van der Waals surface area contributed by atoms with Crippen molar-refractivity contribution >= 4 is 0 Å². The molecular formula is C34H61NO26. The molecule has 0 saturated carbocycles. The highest BCUT2D eigenvalue weighted by molar-refractivity contribution is 4.99. The van der Waals surface area contributed by atoms with Crippen LogP contribution in [0.5, 0.6) is 0 Å². The molecule has 0 amide bonds. The Morgan fingerprint density at radius 1 is 0.328 bits per heavy atom. The number of aliphatic hydroxyl groups excluding tert-OH is 16. The molecule has 0 aromatic carbocycles. The second-order valence-corrected chi connectivity index (χ2v) is 15.3. The fourth-order valence-electron chi connectivity index (χ4n) is 7.60. The van der Waals surface area contributed by atoms with E-state index in [2.05, 4.69) is 0 Å². The molecule has 0 radical (unpaired) electrons.